The summed E-state index contributed by atoms with van der Waals surface area (Å²) in [7, 11) is 0. The van der Waals surface area contributed by atoms with Gasteiger partial charge in [-0.25, -0.2) is 4.79 Å². The molecule has 0 unspecified atom stereocenters. The Bertz CT molecular complexity index is 1080. The molecule has 7 heteroatoms. The van der Waals surface area contributed by atoms with Crippen LogP contribution >= 0.6 is 0 Å². The number of ether oxygens (including phenoxy) is 1. The van der Waals surface area contributed by atoms with E-state index in [0.29, 0.717) is 25.9 Å². The van der Waals surface area contributed by atoms with E-state index in [2.05, 4.69) is 29.6 Å². The van der Waals surface area contributed by atoms with E-state index in [1.165, 1.54) is 0 Å². The van der Waals surface area contributed by atoms with Crippen LogP contribution in [0.2, 0.25) is 0 Å². The van der Waals surface area contributed by atoms with Crippen LogP contribution in [-0.2, 0) is 14.3 Å². The van der Waals surface area contributed by atoms with Crippen molar-refractivity contribution in [2.75, 3.05) is 19.7 Å². The van der Waals surface area contributed by atoms with Gasteiger partial charge in [-0.1, -0.05) is 69.3 Å². The number of alkyl carbamates (subject to hydrolysis) is 1. The molecule has 1 fully saturated rings. The molecule has 0 radical (unpaired) electrons. The van der Waals surface area contributed by atoms with E-state index in [1.54, 1.807) is 11.8 Å². The summed E-state index contributed by atoms with van der Waals surface area (Å²) >= 11 is 0. The average Bonchev–Trinajstić information content (AvgIpc) is 3.14. The van der Waals surface area contributed by atoms with Crippen molar-refractivity contribution in [1.29, 1.82) is 0 Å². The summed E-state index contributed by atoms with van der Waals surface area (Å²) in [6.07, 6.45) is 0.138. The lowest BCUT2D eigenvalue weighted by Gasteiger charge is -2.40. The SMILES string of the molecule is CC1(C(=O)O)CCN(C(=O)[C@@H](NC(=O)OCC2c3ccccc3-c3ccccc32)C(C)(C)C)CC1. The smallest absolute Gasteiger partial charge is 0.407 e. The van der Waals surface area contributed by atoms with E-state index in [-0.39, 0.29) is 18.4 Å². The zero-order valence-corrected chi connectivity index (χ0v) is 20.8. The fraction of sp³-hybridized carbons (Fsp3) is 0.464. The molecule has 2 N–H and O–H groups in total. The summed E-state index contributed by atoms with van der Waals surface area (Å²) < 4.78 is 5.67. The van der Waals surface area contributed by atoms with Gasteiger partial charge in [-0.05, 0) is 47.4 Å². The number of aliphatic carboxylic acids is 1. The molecule has 2 aliphatic rings. The number of carboxylic acid groups (broad SMARTS) is 1. The van der Waals surface area contributed by atoms with E-state index >= 15 is 0 Å². The fourth-order valence-corrected chi connectivity index (χ4v) is 5.02. The van der Waals surface area contributed by atoms with Gasteiger partial charge in [-0.3, -0.25) is 9.59 Å². The van der Waals surface area contributed by atoms with Gasteiger partial charge in [0.05, 0.1) is 5.41 Å². The number of likely N-dealkylation sites (tertiary alicyclic amines) is 1. The molecule has 7 nitrogen and oxygen atoms in total. The lowest BCUT2D eigenvalue weighted by Crippen LogP contribution is -2.57. The second-order valence-electron chi connectivity index (χ2n) is 11.0. The lowest BCUT2D eigenvalue weighted by atomic mass is 9.79. The molecule has 1 aliphatic carbocycles. The van der Waals surface area contributed by atoms with Gasteiger partial charge >= 0.3 is 12.1 Å². The molecule has 0 spiro atoms. The molecule has 4 rings (SSSR count). The quantitative estimate of drug-likeness (QED) is 0.652. The molecule has 1 heterocycles. The Morgan fingerprint density at radius 2 is 1.54 bits per heavy atom. The van der Waals surface area contributed by atoms with Crippen LogP contribution in [-0.4, -0.2) is 53.7 Å². The second kappa shape index (κ2) is 9.36. The molecule has 2 amide bonds. The van der Waals surface area contributed by atoms with Gasteiger partial charge in [-0.15, -0.1) is 0 Å². The number of hydrogen-bond acceptors (Lipinski definition) is 4. The predicted octanol–water partition coefficient (Wildman–Crippen LogP) is 4.65. The lowest BCUT2D eigenvalue weighted by molar-refractivity contribution is -0.153. The van der Waals surface area contributed by atoms with Crippen molar-refractivity contribution < 1.29 is 24.2 Å². The summed E-state index contributed by atoms with van der Waals surface area (Å²) in [5.41, 5.74) is 3.18. The third kappa shape index (κ3) is 4.90. The van der Waals surface area contributed by atoms with E-state index in [4.69, 9.17) is 4.74 Å². The largest absolute Gasteiger partial charge is 0.481 e. The van der Waals surface area contributed by atoms with Gasteiger partial charge in [0.15, 0.2) is 0 Å². The first-order chi connectivity index (χ1) is 16.5. The van der Waals surface area contributed by atoms with Crippen LogP contribution in [0.15, 0.2) is 48.5 Å². The molecule has 1 atom stereocenters. The monoisotopic (exact) mass is 478 g/mol. The normalized spacial score (nSPS) is 17.8. The highest BCUT2D eigenvalue weighted by atomic mass is 16.5. The zero-order valence-electron chi connectivity index (χ0n) is 20.8. The standard InChI is InChI=1S/C28H34N2O5/c1-27(2,3)23(24(31)30-15-13-28(4,14-16-30)25(32)33)29-26(34)35-17-22-20-11-7-5-9-18(20)19-10-6-8-12-21(19)22/h5-12,22-23H,13-17H2,1-4H3,(H,29,34)(H,32,33)/t23-/m1/s1. The maximum absolute atomic E-state index is 13.4. The molecule has 2 aromatic carbocycles. The number of hydrogen-bond donors (Lipinski definition) is 2. The van der Waals surface area contributed by atoms with Crippen molar-refractivity contribution in [3.8, 4) is 11.1 Å². The van der Waals surface area contributed by atoms with E-state index in [0.717, 1.165) is 22.3 Å². The Kier molecular flexibility index (Phi) is 6.62. The van der Waals surface area contributed by atoms with Crippen molar-refractivity contribution in [3.05, 3.63) is 59.7 Å². The number of carbonyl (C=O) groups excluding carboxylic acids is 2. The Morgan fingerprint density at radius 3 is 2.03 bits per heavy atom. The van der Waals surface area contributed by atoms with Crippen LogP contribution in [0.4, 0.5) is 4.79 Å². The van der Waals surface area contributed by atoms with Crippen molar-refractivity contribution in [2.45, 2.75) is 52.5 Å². The molecule has 1 aliphatic heterocycles. The van der Waals surface area contributed by atoms with Gasteiger partial charge in [0.1, 0.15) is 12.6 Å². The Labute approximate surface area is 206 Å². The van der Waals surface area contributed by atoms with Crippen LogP contribution in [0.25, 0.3) is 11.1 Å². The third-order valence-corrected chi connectivity index (χ3v) is 7.41. The molecule has 0 bridgehead atoms. The number of carbonyl (C=O) groups is 3. The highest BCUT2D eigenvalue weighted by Crippen LogP contribution is 2.44. The summed E-state index contributed by atoms with van der Waals surface area (Å²) in [5, 5.41) is 12.3. The molecule has 0 saturated carbocycles. The number of amides is 2. The summed E-state index contributed by atoms with van der Waals surface area (Å²) in [4.78, 5) is 39.4. The number of piperidine rings is 1. The molecule has 0 aromatic heterocycles. The first-order valence-corrected chi connectivity index (χ1v) is 12.1. The molecular weight excluding hydrogens is 444 g/mol. The highest BCUT2D eigenvalue weighted by molar-refractivity contribution is 5.87. The fourth-order valence-electron chi connectivity index (χ4n) is 5.02. The van der Waals surface area contributed by atoms with Crippen LogP contribution in [0.1, 0.15) is 57.6 Å². The molecule has 2 aromatic rings. The minimum atomic E-state index is -0.839. The first-order valence-electron chi connectivity index (χ1n) is 12.1. The maximum Gasteiger partial charge on any atom is 0.407 e. The minimum Gasteiger partial charge on any atom is -0.481 e. The van der Waals surface area contributed by atoms with Crippen LogP contribution in [0.5, 0.6) is 0 Å². The molecular formula is C28H34N2O5. The van der Waals surface area contributed by atoms with E-state index in [9.17, 15) is 19.5 Å². The topological polar surface area (TPSA) is 95.9 Å². The van der Waals surface area contributed by atoms with Gasteiger partial charge < -0.3 is 20.1 Å². The minimum absolute atomic E-state index is 0.0623. The average molecular weight is 479 g/mol. The number of nitrogens with zero attached hydrogens (tertiary/aromatic N) is 1. The van der Waals surface area contributed by atoms with Gasteiger partial charge in [-0.2, -0.15) is 0 Å². The number of nitrogens with one attached hydrogen (secondary N) is 1. The number of carboxylic acids is 1. The number of fused-ring (bicyclic) bond motifs is 3. The number of rotatable bonds is 5. The van der Waals surface area contributed by atoms with Crippen molar-refractivity contribution in [1.82, 2.24) is 10.2 Å². The predicted molar refractivity (Wildman–Crippen MR) is 133 cm³/mol. The summed E-state index contributed by atoms with van der Waals surface area (Å²) in [5.74, 6) is -1.11. The van der Waals surface area contributed by atoms with Crippen LogP contribution < -0.4 is 5.32 Å². The van der Waals surface area contributed by atoms with Crippen molar-refractivity contribution >= 4 is 18.0 Å². The Hall–Kier alpha value is -3.35. The van der Waals surface area contributed by atoms with Crippen LogP contribution in [0.3, 0.4) is 0 Å². The van der Waals surface area contributed by atoms with Gasteiger partial charge in [0.2, 0.25) is 5.91 Å². The third-order valence-electron chi connectivity index (χ3n) is 7.41. The van der Waals surface area contributed by atoms with E-state index in [1.807, 2.05) is 45.0 Å². The molecule has 35 heavy (non-hydrogen) atoms. The molecule has 186 valence electrons. The maximum atomic E-state index is 13.4. The Morgan fingerprint density at radius 1 is 1.03 bits per heavy atom. The van der Waals surface area contributed by atoms with Gasteiger partial charge in [0.25, 0.3) is 0 Å². The number of benzene rings is 2. The van der Waals surface area contributed by atoms with Gasteiger partial charge in [0, 0.05) is 19.0 Å². The van der Waals surface area contributed by atoms with E-state index < -0.39 is 28.9 Å². The summed E-state index contributed by atoms with van der Waals surface area (Å²) in [6.45, 7) is 8.26. The van der Waals surface area contributed by atoms with Crippen molar-refractivity contribution in [3.63, 3.8) is 0 Å². The molecule has 1 saturated heterocycles. The zero-order chi connectivity index (χ0) is 25.4. The van der Waals surface area contributed by atoms with Crippen molar-refractivity contribution in [2.24, 2.45) is 10.8 Å². The highest BCUT2D eigenvalue weighted by Gasteiger charge is 2.42. The Balaban J connectivity index is 1.42. The van der Waals surface area contributed by atoms with Crippen LogP contribution in [0, 0.1) is 10.8 Å². The summed E-state index contributed by atoms with van der Waals surface area (Å²) in [6, 6.07) is 15.5. The first kappa shape index (κ1) is 24.8. The second-order valence-corrected chi connectivity index (χ2v) is 11.0.